The Morgan fingerprint density at radius 1 is 1.30 bits per heavy atom. The molecule has 2 N–H and O–H groups in total. The Morgan fingerprint density at radius 3 is 2.55 bits per heavy atom. The van der Waals surface area contributed by atoms with E-state index in [0.717, 1.165) is 35.7 Å². The first-order valence-corrected chi connectivity index (χ1v) is 10.5. The minimum Gasteiger partial charge on any atom is -0.482 e. The molecule has 7 nitrogen and oxygen atoms in total. The molecule has 0 aromatic carbocycles. The van der Waals surface area contributed by atoms with Crippen molar-refractivity contribution in [1.29, 1.82) is 0 Å². The van der Waals surface area contributed by atoms with Gasteiger partial charge in [-0.3, -0.25) is 9.89 Å². The summed E-state index contributed by atoms with van der Waals surface area (Å²) in [5, 5.41) is 10.0. The molecule has 3 heterocycles. The van der Waals surface area contributed by atoms with E-state index in [0.29, 0.717) is 18.0 Å². The Labute approximate surface area is 186 Å². The van der Waals surface area contributed by atoms with Gasteiger partial charge in [0, 0.05) is 11.8 Å². The van der Waals surface area contributed by atoms with Gasteiger partial charge in [-0.25, -0.2) is 13.8 Å². The summed E-state index contributed by atoms with van der Waals surface area (Å²) in [6, 6.07) is 2.88. The molecule has 1 atom stereocenters. The standard InChI is InChI=1S/C21H24F5N5O2/c1-12-5-17(30-29-12)19(2,7-13-3-4-13)28-18(32)14-6-16(33-11-21(24,25)26)15(8-27-14)31-9-20(22,23)10-31/h5-6,8,13H,3-4,7,9-11H2,1-2H3,(H,28,32)(H,29,30). The number of aromatic nitrogens is 3. The first-order chi connectivity index (χ1) is 15.3. The molecule has 2 aliphatic rings. The summed E-state index contributed by atoms with van der Waals surface area (Å²) in [5.41, 5.74) is 0.421. The molecule has 1 aliphatic heterocycles. The zero-order chi connectivity index (χ0) is 24.0. The van der Waals surface area contributed by atoms with Crippen molar-refractivity contribution < 1.29 is 31.5 Å². The van der Waals surface area contributed by atoms with Gasteiger partial charge in [-0.05, 0) is 32.3 Å². The van der Waals surface area contributed by atoms with E-state index in [1.807, 2.05) is 19.9 Å². The third-order valence-electron chi connectivity index (χ3n) is 5.71. The van der Waals surface area contributed by atoms with Gasteiger partial charge in [-0.1, -0.05) is 12.8 Å². The van der Waals surface area contributed by atoms with Crippen LogP contribution in [0.1, 0.15) is 48.1 Å². The van der Waals surface area contributed by atoms with Gasteiger partial charge in [0.2, 0.25) is 0 Å². The molecule has 0 radical (unpaired) electrons. The van der Waals surface area contributed by atoms with Crippen molar-refractivity contribution in [3.05, 3.63) is 35.4 Å². The van der Waals surface area contributed by atoms with Crippen LogP contribution in [-0.2, 0) is 5.54 Å². The number of H-pyrrole nitrogens is 1. The van der Waals surface area contributed by atoms with Crippen LogP contribution in [0.5, 0.6) is 5.75 Å². The van der Waals surface area contributed by atoms with Gasteiger partial charge in [-0.2, -0.15) is 18.3 Å². The van der Waals surface area contributed by atoms with Crippen LogP contribution in [0.15, 0.2) is 18.3 Å². The average molecular weight is 473 g/mol. The first-order valence-electron chi connectivity index (χ1n) is 10.5. The lowest BCUT2D eigenvalue weighted by Crippen LogP contribution is -2.56. The lowest BCUT2D eigenvalue weighted by molar-refractivity contribution is -0.153. The normalized spacial score (nSPS) is 19.5. The summed E-state index contributed by atoms with van der Waals surface area (Å²) in [5.74, 6) is -3.47. The minimum atomic E-state index is -4.64. The SMILES string of the molecule is Cc1cc(C(C)(CC2CC2)NC(=O)c2cc(OCC(F)(F)F)c(N3CC(F)(F)C3)cn2)n[nH]1. The number of pyridine rings is 1. The highest BCUT2D eigenvalue weighted by Crippen LogP contribution is 2.41. The molecule has 33 heavy (non-hydrogen) atoms. The van der Waals surface area contributed by atoms with Crippen molar-refractivity contribution in [1.82, 2.24) is 20.5 Å². The highest BCUT2D eigenvalue weighted by molar-refractivity contribution is 5.93. The number of carbonyl (C=O) groups excluding carboxylic acids is 1. The van der Waals surface area contributed by atoms with E-state index < -0.39 is 43.2 Å². The second-order valence-corrected chi connectivity index (χ2v) is 9.02. The number of aryl methyl sites for hydroxylation is 1. The van der Waals surface area contributed by atoms with Crippen LogP contribution in [0.25, 0.3) is 0 Å². The lowest BCUT2D eigenvalue weighted by atomic mass is 9.90. The fraction of sp³-hybridized carbons (Fsp3) is 0.571. The maximum absolute atomic E-state index is 13.3. The number of amides is 1. The Balaban J connectivity index is 1.58. The first kappa shape index (κ1) is 23.2. The number of hydrogen-bond donors (Lipinski definition) is 2. The van der Waals surface area contributed by atoms with Crippen LogP contribution in [0.3, 0.4) is 0 Å². The molecule has 1 saturated heterocycles. The number of nitrogens with zero attached hydrogens (tertiary/aromatic N) is 3. The molecule has 4 rings (SSSR count). The van der Waals surface area contributed by atoms with Gasteiger partial charge >= 0.3 is 6.18 Å². The molecule has 0 spiro atoms. The van der Waals surface area contributed by atoms with E-state index in [9.17, 15) is 26.7 Å². The van der Waals surface area contributed by atoms with E-state index in [-0.39, 0.29) is 17.1 Å². The molecule has 180 valence electrons. The lowest BCUT2D eigenvalue weighted by Gasteiger charge is -2.40. The van der Waals surface area contributed by atoms with E-state index >= 15 is 0 Å². The maximum Gasteiger partial charge on any atom is 0.422 e. The predicted molar refractivity (Wildman–Crippen MR) is 108 cm³/mol. The topological polar surface area (TPSA) is 83.1 Å². The summed E-state index contributed by atoms with van der Waals surface area (Å²) < 4.78 is 69.6. The van der Waals surface area contributed by atoms with Gasteiger partial charge in [0.15, 0.2) is 6.61 Å². The summed E-state index contributed by atoms with van der Waals surface area (Å²) in [6.45, 7) is 0.707. The zero-order valence-corrected chi connectivity index (χ0v) is 18.1. The van der Waals surface area contributed by atoms with E-state index in [2.05, 4.69) is 20.5 Å². The van der Waals surface area contributed by atoms with Crippen molar-refractivity contribution >= 4 is 11.6 Å². The Bertz CT molecular complexity index is 1030. The van der Waals surface area contributed by atoms with Gasteiger partial charge in [0.05, 0.1) is 36.2 Å². The smallest absolute Gasteiger partial charge is 0.422 e. The largest absolute Gasteiger partial charge is 0.482 e. The van der Waals surface area contributed by atoms with Gasteiger partial charge in [-0.15, -0.1) is 0 Å². The molecule has 0 bridgehead atoms. The second-order valence-electron chi connectivity index (χ2n) is 9.02. The second kappa shape index (κ2) is 8.14. The van der Waals surface area contributed by atoms with Crippen LogP contribution in [0, 0.1) is 12.8 Å². The average Bonchev–Trinajstić information content (AvgIpc) is 3.39. The predicted octanol–water partition coefficient (Wildman–Crippen LogP) is 3.95. The van der Waals surface area contributed by atoms with Crippen molar-refractivity contribution in [2.75, 3.05) is 24.6 Å². The molecule has 1 amide bonds. The maximum atomic E-state index is 13.3. The molecular formula is C21H24F5N5O2. The molecule has 12 heteroatoms. The van der Waals surface area contributed by atoms with Gasteiger partial charge in [0.1, 0.15) is 11.4 Å². The molecule has 2 fully saturated rings. The Morgan fingerprint density at radius 2 is 2.00 bits per heavy atom. The number of aromatic amines is 1. The van der Waals surface area contributed by atoms with Gasteiger partial charge < -0.3 is 15.0 Å². The van der Waals surface area contributed by atoms with Crippen molar-refractivity contribution in [3.63, 3.8) is 0 Å². The van der Waals surface area contributed by atoms with E-state index in [1.165, 1.54) is 0 Å². The zero-order valence-electron chi connectivity index (χ0n) is 18.1. The summed E-state index contributed by atoms with van der Waals surface area (Å²) in [4.78, 5) is 18.2. The number of anilines is 1. The molecule has 1 saturated carbocycles. The van der Waals surface area contributed by atoms with Crippen molar-refractivity contribution in [2.24, 2.45) is 5.92 Å². The highest BCUT2D eigenvalue weighted by atomic mass is 19.4. The fourth-order valence-electron chi connectivity index (χ4n) is 3.88. The number of hydrogen-bond acceptors (Lipinski definition) is 5. The summed E-state index contributed by atoms with van der Waals surface area (Å²) in [7, 11) is 0. The van der Waals surface area contributed by atoms with Crippen LogP contribution in [-0.4, -0.2) is 52.9 Å². The van der Waals surface area contributed by atoms with Crippen LogP contribution in [0.2, 0.25) is 0 Å². The third-order valence-corrected chi connectivity index (χ3v) is 5.71. The molecule has 2 aromatic rings. The van der Waals surface area contributed by atoms with E-state index in [1.54, 1.807) is 0 Å². The van der Waals surface area contributed by atoms with Crippen molar-refractivity contribution in [3.8, 4) is 5.75 Å². The number of ether oxygens (including phenoxy) is 1. The quantitative estimate of drug-likeness (QED) is 0.568. The van der Waals surface area contributed by atoms with Crippen LogP contribution >= 0.6 is 0 Å². The molecule has 1 aliphatic carbocycles. The number of alkyl halides is 5. The molecular weight excluding hydrogens is 449 g/mol. The summed E-state index contributed by atoms with van der Waals surface area (Å²) in [6.07, 6.45) is -0.827. The van der Waals surface area contributed by atoms with E-state index in [4.69, 9.17) is 4.74 Å². The number of rotatable bonds is 8. The van der Waals surface area contributed by atoms with Crippen LogP contribution in [0.4, 0.5) is 27.6 Å². The van der Waals surface area contributed by atoms with Crippen molar-refractivity contribution in [2.45, 2.75) is 50.7 Å². The Hall–Kier alpha value is -2.92. The van der Waals surface area contributed by atoms with Gasteiger partial charge in [0.25, 0.3) is 11.8 Å². The summed E-state index contributed by atoms with van der Waals surface area (Å²) >= 11 is 0. The molecule has 2 aromatic heterocycles. The number of carbonyl (C=O) groups is 1. The molecule has 1 unspecified atom stereocenters. The Kier molecular flexibility index (Phi) is 5.73. The number of halogens is 5. The fourth-order valence-corrected chi connectivity index (χ4v) is 3.88. The highest BCUT2D eigenvalue weighted by Gasteiger charge is 2.45. The third kappa shape index (κ3) is 5.53. The monoisotopic (exact) mass is 473 g/mol. The number of nitrogens with one attached hydrogen (secondary N) is 2. The minimum absolute atomic E-state index is 0.0228. The van der Waals surface area contributed by atoms with Crippen LogP contribution < -0.4 is 15.0 Å².